The number of rotatable bonds is 7. The van der Waals surface area contributed by atoms with Crippen LogP contribution in [0.15, 0.2) is 30.3 Å². The molecule has 0 atom stereocenters. The summed E-state index contributed by atoms with van der Waals surface area (Å²) in [7, 11) is -3.49. The second-order valence-corrected chi connectivity index (χ2v) is 5.56. The van der Waals surface area contributed by atoms with Gasteiger partial charge in [-0.2, -0.15) is 4.31 Å². The smallest absolute Gasteiger partial charge is 0.218 e. The molecule has 17 heavy (non-hydrogen) atoms. The Labute approximate surface area is 101 Å². The number of aliphatic hydroxyl groups excluding tert-OH is 2. The molecule has 0 aliphatic rings. The Kier molecular flexibility index (Phi) is 5.57. The molecule has 0 radical (unpaired) electrons. The lowest BCUT2D eigenvalue weighted by molar-refractivity contribution is 0.217. The predicted octanol–water partition coefficient (Wildman–Crippen LogP) is -0.197. The second kappa shape index (κ2) is 6.70. The summed E-state index contributed by atoms with van der Waals surface area (Å²) < 4.78 is 25.1. The number of nitrogens with zero attached hydrogens (tertiary/aromatic N) is 1. The average molecular weight is 259 g/mol. The van der Waals surface area contributed by atoms with Gasteiger partial charge in [-0.1, -0.05) is 30.3 Å². The van der Waals surface area contributed by atoms with Crippen LogP contribution in [0.4, 0.5) is 0 Å². The van der Waals surface area contributed by atoms with Crippen molar-refractivity contribution in [3.63, 3.8) is 0 Å². The van der Waals surface area contributed by atoms with E-state index in [1.54, 1.807) is 24.3 Å². The van der Waals surface area contributed by atoms with Crippen LogP contribution in [0.5, 0.6) is 0 Å². The number of sulfonamides is 1. The van der Waals surface area contributed by atoms with Crippen molar-refractivity contribution >= 4 is 10.0 Å². The first-order valence-corrected chi connectivity index (χ1v) is 6.94. The highest BCUT2D eigenvalue weighted by Gasteiger charge is 2.21. The highest BCUT2D eigenvalue weighted by atomic mass is 32.2. The lowest BCUT2D eigenvalue weighted by atomic mass is 10.2. The fourth-order valence-corrected chi connectivity index (χ4v) is 3.01. The van der Waals surface area contributed by atoms with E-state index in [2.05, 4.69) is 0 Å². The molecule has 0 fully saturated rings. The van der Waals surface area contributed by atoms with Crippen LogP contribution in [0.2, 0.25) is 0 Å². The summed E-state index contributed by atoms with van der Waals surface area (Å²) in [6.45, 7) is -0.493. The first-order chi connectivity index (χ1) is 8.10. The largest absolute Gasteiger partial charge is 0.395 e. The van der Waals surface area contributed by atoms with Gasteiger partial charge in [0.05, 0.1) is 19.0 Å². The third-order valence-electron chi connectivity index (χ3n) is 2.28. The van der Waals surface area contributed by atoms with Crippen LogP contribution in [0.1, 0.15) is 5.56 Å². The van der Waals surface area contributed by atoms with Crippen LogP contribution in [-0.2, 0) is 15.8 Å². The molecule has 0 aliphatic heterocycles. The van der Waals surface area contributed by atoms with Gasteiger partial charge in [0.25, 0.3) is 0 Å². The number of hydrogen-bond acceptors (Lipinski definition) is 4. The Hall–Kier alpha value is -0.950. The molecule has 5 nitrogen and oxygen atoms in total. The summed E-state index contributed by atoms with van der Waals surface area (Å²) >= 11 is 0. The second-order valence-electron chi connectivity index (χ2n) is 3.59. The van der Waals surface area contributed by atoms with E-state index in [4.69, 9.17) is 10.2 Å². The van der Waals surface area contributed by atoms with Crippen molar-refractivity contribution in [3.05, 3.63) is 35.9 Å². The normalized spacial score (nSPS) is 11.9. The number of hydrogen-bond donors (Lipinski definition) is 2. The first-order valence-electron chi connectivity index (χ1n) is 5.33. The molecular formula is C11H17NO4S. The maximum atomic E-state index is 12.0. The molecule has 0 spiro atoms. The minimum atomic E-state index is -3.49. The van der Waals surface area contributed by atoms with Crippen LogP contribution >= 0.6 is 0 Å². The fraction of sp³-hybridized carbons (Fsp3) is 0.455. The van der Waals surface area contributed by atoms with Crippen LogP contribution in [0, 0.1) is 0 Å². The minimum Gasteiger partial charge on any atom is -0.395 e. The summed E-state index contributed by atoms with van der Waals surface area (Å²) in [6.07, 6.45) is 0. The Morgan fingerprint density at radius 3 is 2.00 bits per heavy atom. The molecule has 0 heterocycles. The summed E-state index contributed by atoms with van der Waals surface area (Å²) in [6, 6.07) is 8.82. The number of benzene rings is 1. The molecular weight excluding hydrogens is 242 g/mol. The monoisotopic (exact) mass is 259 g/mol. The van der Waals surface area contributed by atoms with Crippen molar-refractivity contribution in [2.75, 3.05) is 26.3 Å². The van der Waals surface area contributed by atoms with Crippen LogP contribution < -0.4 is 0 Å². The van der Waals surface area contributed by atoms with Gasteiger partial charge in [0.2, 0.25) is 10.0 Å². The fourth-order valence-electron chi connectivity index (χ4n) is 1.49. The summed E-state index contributed by atoms with van der Waals surface area (Å²) in [4.78, 5) is 0. The molecule has 1 rings (SSSR count). The Morgan fingerprint density at radius 1 is 1.00 bits per heavy atom. The van der Waals surface area contributed by atoms with E-state index in [0.717, 1.165) is 4.31 Å². The van der Waals surface area contributed by atoms with E-state index in [1.807, 2.05) is 6.07 Å². The van der Waals surface area contributed by atoms with Crippen molar-refractivity contribution in [2.24, 2.45) is 0 Å². The summed E-state index contributed by atoms with van der Waals surface area (Å²) in [5, 5.41) is 17.6. The van der Waals surface area contributed by atoms with Gasteiger partial charge in [-0.05, 0) is 5.56 Å². The molecule has 1 aromatic rings. The van der Waals surface area contributed by atoms with Gasteiger partial charge >= 0.3 is 0 Å². The Morgan fingerprint density at radius 2 is 1.53 bits per heavy atom. The Bertz CT molecular complexity index is 412. The predicted molar refractivity (Wildman–Crippen MR) is 64.8 cm³/mol. The van der Waals surface area contributed by atoms with Crippen molar-refractivity contribution in [1.82, 2.24) is 4.31 Å². The average Bonchev–Trinajstić information content (AvgIpc) is 2.29. The highest BCUT2D eigenvalue weighted by Crippen LogP contribution is 2.10. The topological polar surface area (TPSA) is 77.8 Å². The van der Waals surface area contributed by atoms with Gasteiger partial charge in [0.1, 0.15) is 0 Å². The maximum Gasteiger partial charge on any atom is 0.218 e. The van der Waals surface area contributed by atoms with Crippen molar-refractivity contribution in [2.45, 2.75) is 5.75 Å². The summed E-state index contributed by atoms with van der Waals surface area (Å²) in [5.41, 5.74) is 0.688. The van der Waals surface area contributed by atoms with E-state index in [1.165, 1.54) is 0 Å². The molecule has 1 aromatic carbocycles. The SMILES string of the molecule is O=S(=O)(Cc1ccccc1)N(CCO)CCO. The molecule has 0 aliphatic carbocycles. The van der Waals surface area contributed by atoms with E-state index in [-0.39, 0.29) is 32.1 Å². The maximum absolute atomic E-state index is 12.0. The van der Waals surface area contributed by atoms with Crippen molar-refractivity contribution < 1.29 is 18.6 Å². The van der Waals surface area contributed by atoms with Gasteiger partial charge in [-0.25, -0.2) is 8.42 Å². The van der Waals surface area contributed by atoms with Gasteiger partial charge in [0.15, 0.2) is 0 Å². The molecule has 0 unspecified atom stereocenters. The van der Waals surface area contributed by atoms with Gasteiger partial charge in [0, 0.05) is 13.1 Å². The zero-order chi connectivity index (χ0) is 12.7. The molecule has 0 amide bonds. The minimum absolute atomic E-state index is 0.00965. The van der Waals surface area contributed by atoms with E-state index < -0.39 is 10.0 Å². The zero-order valence-electron chi connectivity index (χ0n) is 9.49. The van der Waals surface area contributed by atoms with Gasteiger partial charge < -0.3 is 10.2 Å². The van der Waals surface area contributed by atoms with Crippen LogP contribution in [0.25, 0.3) is 0 Å². The molecule has 0 saturated carbocycles. The first kappa shape index (κ1) is 14.1. The molecule has 0 bridgehead atoms. The molecule has 0 aromatic heterocycles. The van der Waals surface area contributed by atoms with Crippen molar-refractivity contribution in [3.8, 4) is 0 Å². The third kappa shape index (κ3) is 4.43. The van der Waals surface area contributed by atoms with Crippen LogP contribution in [0.3, 0.4) is 0 Å². The lowest BCUT2D eigenvalue weighted by Gasteiger charge is -2.20. The standard InChI is InChI=1S/C11H17NO4S/c13-8-6-12(7-9-14)17(15,16)10-11-4-2-1-3-5-11/h1-5,13-14H,6-10H2. The summed E-state index contributed by atoms with van der Waals surface area (Å²) in [5.74, 6) is -0.117. The van der Waals surface area contributed by atoms with E-state index in [9.17, 15) is 8.42 Å². The van der Waals surface area contributed by atoms with E-state index >= 15 is 0 Å². The third-order valence-corrected chi connectivity index (χ3v) is 4.13. The molecule has 0 saturated heterocycles. The highest BCUT2D eigenvalue weighted by molar-refractivity contribution is 7.88. The molecule has 6 heteroatoms. The quantitative estimate of drug-likeness (QED) is 0.711. The Balaban J connectivity index is 2.78. The van der Waals surface area contributed by atoms with E-state index in [0.29, 0.717) is 5.56 Å². The van der Waals surface area contributed by atoms with Crippen molar-refractivity contribution in [1.29, 1.82) is 0 Å². The molecule has 2 N–H and O–H groups in total. The molecule has 96 valence electrons. The zero-order valence-corrected chi connectivity index (χ0v) is 10.3. The lowest BCUT2D eigenvalue weighted by Crippen LogP contribution is -2.36. The van der Waals surface area contributed by atoms with Gasteiger partial charge in [-0.3, -0.25) is 0 Å². The number of aliphatic hydroxyl groups is 2. The van der Waals surface area contributed by atoms with Gasteiger partial charge in [-0.15, -0.1) is 0 Å². The van der Waals surface area contributed by atoms with Crippen LogP contribution in [-0.4, -0.2) is 49.2 Å².